The average molecular weight is 534 g/mol. The largest absolute Gasteiger partial charge is 0.497 e. The van der Waals surface area contributed by atoms with E-state index in [2.05, 4.69) is 5.32 Å². The summed E-state index contributed by atoms with van der Waals surface area (Å²) in [6.45, 7) is 5.91. The van der Waals surface area contributed by atoms with Crippen molar-refractivity contribution in [1.82, 2.24) is 10.2 Å². The highest BCUT2D eigenvalue weighted by Gasteiger charge is 2.31. The van der Waals surface area contributed by atoms with Gasteiger partial charge in [-0.3, -0.25) is 13.9 Å². The van der Waals surface area contributed by atoms with E-state index in [9.17, 15) is 18.0 Å². The number of ether oxygens (including phenoxy) is 3. The summed E-state index contributed by atoms with van der Waals surface area (Å²) in [5, 5.41) is 2.82. The number of carbonyl (C=O) groups is 2. The van der Waals surface area contributed by atoms with E-state index in [1.807, 2.05) is 13.0 Å². The van der Waals surface area contributed by atoms with Gasteiger partial charge in [0.05, 0.1) is 18.6 Å². The summed E-state index contributed by atoms with van der Waals surface area (Å²) in [5.41, 5.74) is 1.02. The standard InChI is InChI=1S/C26H35N3O7S/c1-5-12-27-26(31)19(3)28(17-20-8-7-9-22(15-20)34-4)25(30)18-29(37(32,33)6-2)21-10-11-23-24(16-21)36-14-13-35-23/h7-11,15-16,19H,5-6,12-14,17-18H2,1-4H3,(H,27,31). The van der Waals surface area contributed by atoms with Gasteiger partial charge < -0.3 is 24.4 Å². The van der Waals surface area contributed by atoms with E-state index in [4.69, 9.17) is 14.2 Å². The fourth-order valence-electron chi connectivity index (χ4n) is 3.85. The molecule has 0 aromatic heterocycles. The van der Waals surface area contributed by atoms with Crippen molar-refractivity contribution in [2.24, 2.45) is 0 Å². The van der Waals surface area contributed by atoms with Crippen molar-refractivity contribution in [3.05, 3.63) is 48.0 Å². The number of methoxy groups -OCH3 is 1. The normalized spacial score (nSPS) is 13.4. The van der Waals surface area contributed by atoms with E-state index in [-0.39, 0.29) is 23.9 Å². The van der Waals surface area contributed by atoms with E-state index in [1.165, 1.54) is 11.8 Å². The summed E-state index contributed by atoms with van der Waals surface area (Å²) >= 11 is 0. The third-order valence-electron chi connectivity index (χ3n) is 6.00. The first kappa shape index (κ1) is 28.1. The second-order valence-electron chi connectivity index (χ2n) is 8.58. The number of benzene rings is 2. The Kier molecular flexibility index (Phi) is 9.62. The van der Waals surface area contributed by atoms with Gasteiger partial charge in [0.2, 0.25) is 21.8 Å². The molecule has 1 heterocycles. The Labute approximate surface area is 218 Å². The van der Waals surface area contributed by atoms with Crippen molar-refractivity contribution in [3.8, 4) is 17.2 Å². The van der Waals surface area contributed by atoms with Crippen LogP contribution in [0.3, 0.4) is 0 Å². The predicted molar refractivity (Wildman–Crippen MR) is 141 cm³/mol. The van der Waals surface area contributed by atoms with Crippen LogP contribution in [0.4, 0.5) is 5.69 Å². The molecular formula is C26H35N3O7S. The van der Waals surface area contributed by atoms with Gasteiger partial charge in [-0.1, -0.05) is 19.1 Å². The second-order valence-corrected chi connectivity index (χ2v) is 10.8. The summed E-state index contributed by atoms with van der Waals surface area (Å²) in [4.78, 5) is 27.9. The molecule has 2 amide bonds. The lowest BCUT2D eigenvalue weighted by atomic mass is 10.1. The molecule has 0 bridgehead atoms. The number of nitrogens with one attached hydrogen (secondary N) is 1. The molecule has 0 spiro atoms. The number of hydrogen-bond acceptors (Lipinski definition) is 7. The van der Waals surface area contributed by atoms with Crippen LogP contribution >= 0.6 is 0 Å². The molecule has 0 fully saturated rings. The Hall–Kier alpha value is -3.47. The van der Waals surface area contributed by atoms with E-state index < -0.39 is 28.5 Å². The zero-order valence-electron chi connectivity index (χ0n) is 21.7. The van der Waals surface area contributed by atoms with Gasteiger partial charge in [0.15, 0.2) is 11.5 Å². The summed E-state index contributed by atoms with van der Waals surface area (Å²) in [7, 11) is -2.30. The van der Waals surface area contributed by atoms with Crippen molar-refractivity contribution in [2.45, 2.75) is 39.8 Å². The highest BCUT2D eigenvalue weighted by molar-refractivity contribution is 7.92. The first-order chi connectivity index (χ1) is 17.7. The molecule has 202 valence electrons. The second kappa shape index (κ2) is 12.7. The monoisotopic (exact) mass is 533 g/mol. The van der Waals surface area contributed by atoms with Crippen LogP contribution in [-0.2, 0) is 26.2 Å². The third-order valence-corrected chi connectivity index (χ3v) is 7.74. The van der Waals surface area contributed by atoms with Crippen LogP contribution in [-0.4, -0.2) is 70.3 Å². The third kappa shape index (κ3) is 7.06. The van der Waals surface area contributed by atoms with Crippen LogP contribution in [0.5, 0.6) is 17.2 Å². The van der Waals surface area contributed by atoms with E-state index in [1.54, 1.807) is 50.4 Å². The Morgan fingerprint density at radius 1 is 1.08 bits per heavy atom. The van der Waals surface area contributed by atoms with Crippen molar-refractivity contribution in [2.75, 3.05) is 43.5 Å². The maximum atomic E-state index is 13.7. The molecule has 11 heteroatoms. The quantitative estimate of drug-likeness (QED) is 0.446. The van der Waals surface area contributed by atoms with Crippen LogP contribution in [0.25, 0.3) is 0 Å². The van der Waals surface area contributed by atoms with Crippen LogP contribution in [0.15, 0.2) is 42.5 Å². The number of nitrogens with zero attached hydrogens (tertiary/aromatic N) is 2. The summed E-state index contributed by atoms with van der Waals surface area (Å²) in [6, 6.07) is 11.1. The lowest BCUT2D eigenvalue weighted by Crippen LogP contribution is -2.51. The minimum absolute atomic E-state index is 0.0951. The van der Waals surface area contributed by atoms with Crippen LogP contribution < -0.4 is 23.8 Å². The van der Waals surface area contributed by atoms with Crippen LogP contribution in [0.1, 0.15) is 32.8 Å². The highest BCUT2D eigenvalue weighted by atomic mass is 32.2. The number of fused-ring (bicyclic) bond motifs is 1. The number of amides is 2. The van der Waals surface area contributed by atoms with E-state index in [0.29, 0.717) is 37.0 Å². The predicted octanol–water partition coefficient (Wildman–Crippen LogP) is 2.57. The average Bonchev–Trinajstić information content (AvgIpc) is 2.92. The minimum atomic E-state index is -3.84. The molecule has 2 aromatic rings. The first-order valence-corrected chi connectivity index (χ1v) is 13.9. The van der Waals surface area contributed by atoms with Gasteiger partial charge in [-0.15, -0.1) is 0 Å². The van der Waals surface area contributed by atoms with E-state index in [0.717, 1.165) is 16.3 Å². The zero-order chi connectivity index (χ0) is 27.0. The van der Waals surface area contributed by atoms with Gasteiger partial charge in [-0.05, 0) is 50.1 Å². The molecule has 1 N–H and O–H groups in total. The highest BCUT2D eigenvalue weighted by Crippen LogP contribution is 2.35. The SMILES string of the molecule is CCCNC(=O)C(C)N(Cc1cccc(OC)c1)C(=O)CN(c1ccc2c(c1)OCCO2)S(=O)(=O)CC. The molecule has 1 aliphatic heterocycles. The van der Waals surface area contributed by atoms with E-state index >= 15 is 0 Å². The summed E-state index contributed by atoms with van der Waals surface area (Å²) < 4.78 is 43.7. The zero-order valence-corrected chi connectivity index (χ0v) is 22.5. The Morgan fingerprint density at radius 2 is 1.81 bits per heavy atom. The molecule has 0 radical (unpaired) electrons. The maximum Gasteiger partial charge on any atom is 0.244 e. The Morgan fingerprint density at radius 3 is 2.49 bits per heavy atom. The number of rotatable bonds is 12. The van der Waals surface area contributed by atoms with Crippen molar-refractivity contribution in [3.63, 3.8) is 0 Å². The topological polar surface area (TPSA) is 114 Å². The molecule has 2 aromatic carbocycles. The van der Waals surface area contributed by atoms with Crippen molar-refractivity contribution >= 4 is 27.5 Å². The summed E-state index contributed by atoms with van der Waals surface area (Å²) in [6.07, 6.45) is 0.745. The maximum absolute atomic E-state index is 13.7. The molecule has 0 aliphatic carbocycles. The lowest BCUT2D eigenvalue weighted by Gasteiger charge is -2.32. The molecule has 1 unspecified atom stereocenters. The fourth-order valence-corrected chi connectivity index (χ4v) is 4.91. The molecule has 1 atom stereocenters. The Bertz CT molecular complexity index is 1200. The molecule has 37 heavy (non-hydrogen) atoms. The van der Waals surface area contributed by atoms with Crippen LogP contribution in [0, 0.1) is 0 Å². The smallest absolute Gasteiger partial charge is 0.244 e. The van der Waals surface area contributed by atoms with Gasteiger partial charge in [0.25, 0.3) is 0 Å². The number of hydrogen-bond donors (Lipinski definition) is 1. The van der Waals surface area contributed by atoms with Gasteiger partial charge in [0, 0.05) is 19.2 Å². The van der Waals surface area contributed by atoms with Crippen molar-refractivity contribution in [1.29, 1.82) is 0 Å². The number of anilines is 1. The minimum Gasteiger partial charge on any atom is -0.497 e. The van der Waals surface area contributed by atoms with Crippen LogP contribution in [0.2, 0.25) is 0 Å². The lowest BCUT2D eigenvalue weighted by molar-refractivity contribution is -0.139. The Balaban J connectivity index is 1.94. The van der Waals surface area contributed by atoms with Gasteiger partial charge >= 0.3 is 0 Å². The molecule has 0 saturated heterocycles. The van der Waals surface area contributed by atoms with Gasteiger partial charge in [0.1, 0.15) is 31.5 Å². The number of carbonyl (C=O) groups excluding carboxylic acids is 2. The number of sulfonamides is 1. The molecule has 3 rings (SSSR count). The molecule has 10 nitrogen and oxygen atoms in total. The molecular weight excluding hydrogens is 498 g/mol. The molecule has 1 aliphatic rings. The first-order valence-electron chi connectivity index (χ1n) is 12.3. The molecule has 0 saturated carbocycles. The fraction of sp³-hybridized carbons (Fsp3) is 0.462. The van der Waals surface area contributed by atoms with Crippen molar-refractivity contribution < 1.29 is 32.2 Å². The summed E-state index contributed by atoms with van der Waals surface area (Å²) in [5.74, 6) is 0.483. The van der Waals surface area contributed by atoms with Gasteiger partial charge in [-0.25, -0.2) is 8.42 Å². The van der Waals surface area contributed by atoms with Gasteiger partial charge in [-0.2, -0.15) is 0 Å².